The predicted octanol–water partition coefficient (Wildman–Crippen LogP) is 1.54. The molecule has 1 aromatic rings. The quantitative estimate of drug-likeness (QED) is 0.816. The van der Waals surface area contributed by atoms with Gasteiger partial charge in [0.05, 0.1) is 6.21 Å². The molecule has 1 atom stereocenters. The molecule has 5 nitrogen and oxygen atoms in total. The number of benzene rings is 1. The molecular formula is C11H12N4O. The van der Waals surface area contributed by atoms with Crippen LogP contribution in [0.25, 0.3) is 0 Å². The molecule has 0 aliphatic carbocycles. The Balaban J connectivity index is 2.31. The molecule has 2 N–H and O–H groups in total. The number of hydrogen-bond donors (Lipinski definition) is 1. The van der Waals surface area contributed by atoms with E-state index in [1.165, 1.54) is 0 Å². The lowest BCUT2D eigenvalue weighted by Gasteiger charge is -2.16. The Bertz CT molecular complexity index is 467. The van der Waals surface area contributed by atoms with Gasteiger partial charge in [-0.3, -0.25) is 4.79 Å². The standard InChI is InChI=1S/C11H12N4O/c1-11(7-13-15-14-11)6-8-4-2-3-5-9(8)10(12)16/h2-5,7H,6H2,1H3,(H2,12,16). The molecule has 5 heteroatoms. The summed E-state index contributed by atoms with van der Waals surface area (Å²) in [5, 5.41) is 11.3. The molecule has 82 valence electrons. The Kier molecular flexibility index (Phi) is 2.52. The van der Waals surface area contributed by atoms with Gasteiger partial charge in [-0.1, -0.05) is 18.2 Å². The molecule has 1 aromatic carbocycles. The van der Waals surface area contributed by atoms with Crippen LogP contribution in [0.4, 0.5) is 0 Å². The van der Waals surface area contributed by atoms with Crippen molar-refractivity contribution in [2.75, 3.05) is 0 Å². The minimum absolute atomic E-state index is 0.425. The molecule has 0 radical (unpaired) electrons. The predicted molar refractivity (Wildman–Crippen MR) is 60.4 cm³/mol. The van der Waals surface area contributed by atoms with Gasteiger partial charge in [-0.25, -0.2) is 0 Å². The van der Waals surface area contributed by atoms with Gasteiger partial charge in [-0.15, -0.1) is 5.10 Å². The molecule has 0 spiro atoms. The number of primary amides is 1. The maximum absolute atomic E-state index is 11.2. The van der Waals surface area contributed by atoms with Gasteiger partial charge in [0.2, 0.25) is 5.91 Å². The van der Waals surface area contributed by atoms with E-state index in [1.54, 1.807) is 18.3 Å². The van der Waals surface area contributed by atoms with Crippen molar-refractivity contribution in [1.29, 1.82) is 0 Å². The van der Waals surface area contributed by atoms with Crippen LogP contribution in [-0.4, -0.2) is 17.7 Å². The fourth-order valence-electron chi connectivity index (χ4n) is 1.69. The SMILES string of the molecule is CC1(Cc2ccccc2C(N)=O)C=NN=N1. The topological polar surface area (TPSA) is 80.2 Å². The molecule has 1 aliphatic rings. The van der Waals surface area contributed by atoms with Gasteiger partial charge in [0.15, 0.2) is 0 Å². The zero-order valence-electron chi connectivity index (χ0n) is 8.92. The molecule has 0 aromatic heterocycles. The summed E-state index contributed by atoms with van der Waals surface area (Å²) < 4.78 is 0. The highest BCUT2D eigenvalue weighted by molar-refractivity contribution is 5.94. The van der Waals surface area contributed by atoms with Gasteiger partial charge in [-0.05, 0) is 23.8 Å². The van der Waals surface area contributed by atoms with Crippen molar-refractivity contribution in [2.45, 2.75) is 18.9 Å². The first-order valence-corrected chi connectivity index (χ1v) is 4.95. The number of carbonyl (C=O) groups excluding carboxylic acids is 1. The largest absolute Gasteiger partial charge is 0.366 e. The Hall–Kier alpha value is -2.04. The van der Waals surface area contributed by atoms with Crippen LogP contribution in [0.15, 0.2) is 39.7 Å². The average Bonchev–Trinajstić information content (AvgIpc) is 2.65. The van der Waals surface area contributed by atoms with E-state index < -0.39 is 11.4 Å². The van der Waals surface area contributed by atoms with Crippen LogP contribution in [0.3, 0.4) is 0 Å². The van der Waals surface area contributed by atoms with Crippen molar-refractivity contribution in [1.82, 2.24) is 0 Å². The third kappa shape index (κ3) is 1.98. The lowest BCUT2D eigenvalue weighted by atomic mass is 9.92. The third-order valence-corrected chi connectivity index (χ3v) is 2.49. The Morgan fingerprint density at radius 2 is 2.19 bits per heavy atom. The van der Waals surface area contributed by atoms with E-state index in [4.69, 9.17) is 5.73 Å². The second-order valence-corrected chi connectivity index (χ2v) is 3.99. The summed E-state index contributed by atoms with van der Waals surface area (Å²) in [5.41, 5.74) is 6.23. The summed E-state index contributed by atoms with van der Waals surface area (Å²) in [4.78, 5) is 11.2. The van der Waals surface area contributed by atoms with Gasteiger partial charge in [0.25, 0.3) is 0 Å². The van der Waals surface area contributed by atoms with E-state index in [0.717, 1.165) is 5.56 Å². The molecule has 1 unspecified atom stereocenters. The summed E-state index contributed by atoms with van der Waals surface area (Å²) in [7, 11) is 0. The van der Waals surface area contributed by atoms with E-state index in [2.05, 4.69) is 15.4 Å². The highest BCUT2D eigenvalue weighted by atomic mass is 16.1. The molecule has 16 heavy (non-hydrogen) atoms. The van der Waals surface area contributed by atoms with Crippen LogP contribution < -0.4 is 5.73 Å². The second kappa shape index (κ2) is 3.84. The summed E-state index contributed by atoms with van der Waals surface area (Å²) in [6.45, 7) is 1.91. The van der Waals surface area contributed by atoms with Crippen molar-refractivity contribution in [3.63, 3.8) is 0 Å². The minimum Gasteiger partial charge on any atom is -0.366 e. The normalized spacial score (nSPS) is 22.6. The monoisotopic (exact) mass is 216 g/mol. The first-order valence-electron chi connectivity index (χ1n) is 4.95. The van der Waals surface area contributed by atoms with Crippen LogP contribution in [0.1, 0.15) is 22.8 Å². The fourth-order valence-corrected chi connectivity index (χ4v) is 1.69. The third-order valence-electron chi connectivity index (χ3n) is 2.49. The molecule has 0 saturated heterocycles. The number of hydrogen-bond acceptors (Lipinski definition) is 4. The molecule has 2 rings (SSSR count). The summed E-state index contributed by atoms with van der Waals surface area (Å²) in [6, 6.07) is 7.24. The van der Waals surface area contributed by atoms with Gasteiger partial charge in [0.1, 0.15) is 5.54 Å². The van der Waals surface area contributed by atoms with Gasteiger partial charge < -0.3 is 5.73 Å². The van der Waals surface area contributed by atoms with E-state index in [1.807, 2.05) is 19.1 Å². The Morgan fingerprint density at radius 1 is 1.44 bits per heavy atom. The maximum atomic E-state index is 11.2. The Labute approximate surface area is 93.1 Å². The van der Waals surface area contributed by atoms with Crippen LogP contribution in [0.2, 0.25) is 0 Å². The number of rotatable bonds is 3. The molecule has 1 aliphatic heterocycles. The molecule has 1 heterocycles. The van der Waals surface area contributed by atoms with Gasteiger partial charge in [0, 0.05) is 12.0 Å². The average molecular weight is 216 g/mol. The van der Waals surface area contributed by atoms with Crippen molar-refractivity contribution >= 4 is 12.1 Å². The highest BCUT2D eigenvalue weighted by Crippen LogP contribution is 2.22. The van der Waals surface area contributed by atoms with Gasteiger partial charge in [-0.2, -0.15) is 5.11 Å². The van der Waals surface area contributed by atoms with E-state index in [-0.39, 0.29) is 0 Å². The second-order valence-electron chi connectivity index (χ2n) is 3.99. The zero-order chi connectivity index (χ0) is 11.6. The van der Waals surface area contributed by atoms with E-state index in [9.17, 15) is 4.79 Å². The van der Waals surface area contributed by atoms with Crippen molar-refractivity contribution in [3.05, 3.63) is 35.4 Å². The first-order chi connectivity index (χ1) is 7.61. The molecular weight excluding hydrogens is 204 g/mol. The first kappa shape index (κ1) is 10.5. The zero-order valence-corrected chi connectivity index (χ0v) is 8.92. The molecule has 1 amide bonds. The molecule has 0 saturated carbocycles. The number of carbonyl (C=O) groups is 1. The van der Waals surface area contributed by atoms with Crippen LogP contribution in [0, 0.1) is 0 Å². The van der Waals surface area contributed by atoms with E-state index in [0.29, 0.717) is 12.0 Å². The number of nitrogens with zero attached hydrogens (tertiary/aromatic N) is 3. The van der Waals surface area contributed by atoms with Crippen molar-refractivity contribution in [3.8, 4) is 0 Å². The maximum Gasteiger partial charge on any atom is 0.248 e. The van der Waals surface area contributed by atoms with Crippen LogP contribution >= 0.6 is 0 Å². The lowest BCUT2D eigenvalue weighted by molar-refractivity contribution is 0.0999. The van der Waals surface area contributed by atoms with Crippen LogP contribution in [0.5, 0.6) is 0 Å². The summed E-state index contributed by atoms with van der Waals surface area (Å²) >= 11 is 0. The summed E-state index contributed by atoms with van der Waals surface area (Å²) in [5.74, 6) is -0.425. The van der Waals surface area contributed by atoms with Crippen LogP contribution in [-0.2, 0) is 6.42 Å². The lowest BCUT2D eigenvalue weighted by Crippen LogP contribution is -2.26. The van der Waals surface area contributed by atoms with Gasteiger partial charge >= 0.3 is 0 Å². The Morgan fingerprint density at radius 3 is 2.81 bits per heavy atom. The smallest absolute Gasteiger partial charge is 0.248 e. The van der Waals surface area contributed by atoms with E-state index >= 15 is 0 Å². The molecule has 0 fully saturated rings. The minimum atomic E-state index is -0.467. The number of nitrogens with two attached hydrogens (primary N) is 1. The fraction of sp³-hybridized carbons (Fsp3) is 0.273. The summed E-state index contributed by atoms with van der Waals surface area (Å²) in [6.07, 6.45) is 2.24. The van der Waals surface area contributed by atoms with Crippen molar-refractivity contribution in [2.24, 2.45) is 21.2 Å². The molecule has 0 bridgehead atoms. The van der Waals surface area contributed by atoms with Crippen molar-refractivity contribution < 1.29 is 4.79 Å². The highest BCUT2D eigenvalue weighted by Gasteiger charge is 2.26. The number of amides is 1.